The van der Waals surface area contributed by atoms with Crippen LogP contribution >= 0.6 is 0 Å². The van der Waals surface area contributed by atoms with Crippen LogP contribution in [-0.4, -0.2) is 12.6 Å². The molecule has 0 radical (unpaired) electrons. The van der Waals surface area contributed by atoms with Gasteiger partial charge in [0.05, 0.1) is 11.4 Å². The van der Waals surface area contributed by atoms with E-state index in [1.807, 2.05) is 12.1 Å². The zero-order valence-corrected chi connectivity index (χ0v) is 8.03. The fraction of sp³-hybridized carbons (Fsp3) is 0.455. The molecule has 1 aliphatic rings. The van der Waals surface area contributed by atoms with Crippen LogP contribution in [0.2, 0.25) is 0 Å². The molecule has 2 nitrogen and oxygen atoms in total. The first-order valence-electron chi connectivity index (χ1n) is 4.90. The minimum absolute atomic E-state index is 0.643. The zero-order chi connectivity index (χ0) is 9.26. The van der Waals surface area contributed by atoms with Crippen molar-refractivity contribution in [3.8, 4) is 0 Å². The summed E-state index contributed by atoms with van der Waals surface area (Å²) in [5.41, 5.74) is 8.02. The SMILES string of the molecule is CC1CCCN1c1ccccc1N. The van der Waals surface area contributed by atoms with Crippen molar-refractivity contribution in [1.82, 2.24) is 0 Å². The van der Waals surface area contributed by atoms with E-state index in [-0.39, 0.29) is 0 Å². The van der Waals surface area contributed by atoms with Gasteiger partial charge in [-0.3, -0.25) is 0 Å². The topological polar surface area (TPSA) is 29.3 Å². The number of anilines is 2. The molecule has 13 heavy (non-hydrogen) atoms. The summed E-state index contributed by atoms with van der Waals surface area (Å²) >= 11 is 0. The molecule has 1 atom stereocenters. The van der Waals surface area contributed by atoms with E-state index in [0.717, 1.165) is 12.2 Å². The Morgan fingerprint density at radius 2 is 2.15 bits per heavy atom. The van der Waals surface area contributed by atoms with Crippen LogP contribution in [0.3, 0.4) is 0 Å². The van der Waals surface area contributed by atoms with Crippen LogP contribution in [0.5, 0.6) is 0 Å². The van der Waals surface area contributed by atoms with Crippen LogP contribution in [0, 0.1) is 0 Å². The second-order valence-electron chi connectivity index (χ2n) is 3.74. The lowest BCUT2D eigenvalue weighted by Crippen LogP contribution is -2.26. The molecule has 1 aliphatic heterocycles. The number of hydrogen-bond acceptors (Lipinski definition) is 2. The van der Waals surface area contributed by atoms with E-state index in [9.17, 15) is 0 Å². The molecule has 1 heterocycles. The number of hydrogen-bond donors (Lipinski definition) is 1. The largest absolute Gasteiger partial charge is 0.397 e. The number of para-hydroxylation sites is 2. The zero-order valence-electron chi connectivity index (χ0n) is 8.03. The van der Waals surface area contributed by atoms with Crippen LogP contribution in [0.4, 0.5) is 11.4 Å². The highest BCUT2D eigenvalue weighted by Crippen LogP contribution is 2.29. The Bertz CT molecular complexity index is 296. The number of benzene rings is 1. The number of nitrogens with two attached hydrogens (primary N) is 1. The van der Waals surface area contributed by atoms with E-state index in [1.165, 1.54) is 18.5 Å². The summed E-state index contributed by atoms with van der Waals surface area (Å²) in [5, 5.41) is 0. The normalized spacial score (nSPS) is 22.2. The van der Waals surface area contributed by atoms with E-state index in [4.69, 9.17) is 5.73 Å². The van der Waals surface area contributed by atoms with Gasteiger partial charge in [0.1, 0.15) is 0 Å². The van der Waals surface area contributed by atoms with Crippen molar-refractivity contribution in [3.63, 3.8) is 0 Å². The standard InChI is InChI=1S/C11H16N2/c1-9-5-4-8-13(9)11-7-3-2-6-10(11)12/h2-3,6-7,9H,4-5,8,12H2,1H3. The van der Waals surface area contributed by atoms with Gasteiger partial charge in [0.25, 0.3) is 0 Å². The van der Waals surface area contributed by atoms with Crippen LogP contribution < -0.4 is 10.6 Å². The summed E-state index contributed by atoms with van der Waals surface area (Å²) in [5.74, 6) is 0. The minimum atomic E-state index is 0.643. The molecule has 1 aromatic rings. The molecule has 1 aromatic carbocycles. The van der Waals surface area contributed by atoms with Crippen LogP contribution in [0.25, 0.3) is 0 Å². The second-order valence-corrected chi connectivity index (χ2v) is 3.74. The van der Waals surface area contributed by atoms with Crippen LogP contribution in [0.15, 0.2) is 24.3 Å². The van der Waals surface area contributed by atoms with Crippen molar-refractivity contribution in [3.05, 3.63) is 24.3 Å². The number of nitrogen functional groups attached to an aromatic ring is 1. The fourth-order valence-corrected chi connectivity index (χ4v) is 2.04. The molecular formula is C11H16N2. The lowest BCUT2D eigenvalue weighted by Gasteiger charge is -2.25. The third-order valence-corrected chi connectivity index (χ3v) is 2.80. The summed E-state index contributed by atoms with van der Waals surface area (Å²) in [4.78, 5) is 2.40. The molecule has 0 aromatic heterocycles. The predicted octanol–water partition coefficient (Wildman–Crippen LogP) is 2.26. The van der Waals surface area contributed by atoms with Gasteiger partial charge in [0.2, 0.25) is 0 Å². The Morgan fingerprint density at radius 1 is 1.38 bits per heavy atom. The average molecular weight is 176 g/mol. The molecule has 0 amide bonds. The fourth-order valence-electron chi connectivity index (χ4n) is 2.04. The summed E-state index contributed by atoms with van der Waals surface area (Å²) < 4.78 is 0. The molecule has 2 N–H and O–H groups in total. The van der Waals surface area contributed by atoms with Gasteiger partial charge >= 0.3 is 0 Å². The molecule has 0 saturated carbocycles. The van der Waals surface area contributed by atoms with E-state index >= 15 is 0 Å². The first-order chi connectivity index (χ1) is 6.29. The van der Waals surface area contributed by atoms with Gasteiger partial charge in [0.15, 0.2) is 0 Å². The van der Waals surface area contributed by atoms with E-state index in [1.54, 1.807) is 0 Å². The molecule has 0 bridgehead atoms. The predicted molar refractivity (Wildman–Crippen MR) is 56.9 cm³/mol. The Labute approximate surface area is 79.4 Å². The number of rotatable bonds is 1. The first kappa shape index (κ1) is 8.42. The third-order valence-electron chi connectivity index (χ3n) is 2.80. The van der Waals surface area contributed by atoms with Gasteiger partial charge in [-0.05, 0) is 31.9 Å². The van der Waals surface area contributed by atoms with Crippen molar-refractivity contribution in [2.75, 3.05) is 17.2 Å². The van der Waals surface area contributed by atoms with Gasteiger partial charge in [0, 0.05) is 12.6 Å². The molecular weight excluding hydrogens is 160 g/mol. The lowest BCUT2D eigenvalue weighted by molar-refractivity contribution is 0.736. The van der Waals surface area contributed by atoms with E-state index in [2.05, 4.69) is 24.0 Å². The molecule has 1 saturated heterocycles. The van der Waals surface area contributed by atoms with Gasteiger partial charge in [-0.1, -0.05) is 12.1 Å². The monoisotopic (exact) mass is 176 g/mol. The summed E-state index contributed by atoms with van der Waals surface area (Å²) in [6.07, 6.45) is 2.57. The maximum atomic E-state index is 5.92. The van der Waals surface area contributed by atoms with Crippen LogP contribution in [0.1, 0.15) is 19.8 Å². The van der Waals surface area contributed by atoms with Gasteiger partial charge in [-0.2, -0.15) is 0 Å². The highest BCUT2D eigenvalue weighted by molar-refractivity contribution is 5.68. The number of nitrogens with zero attached hydrogens (tertiary/aromatic N) is 1. The highest BCUT2D eigenvalue weighted by Gasteiger charge is 2.21. The Morgan fingerprint density at radius 3 is 2.77 bits per heavy atom. The van der Waals surface area contributed by atoms with Crippen molar-refractivity contribution >= 4 is 11.4 Å². The van der Waals surface area contributed by atoms with Gasteiger partial charge < -0.3 is 10.6 Å². The summed E-state index contributed by atoms with van der Waals surface area (Å²) in [6.45, 7) is 3.41. The van der Waals surface area contributed by atoms with Crippen molar-refractivity contribution < 1.29 is 0 Å². The molecule has 0 spiro atoms. The second kappa shape index (κ2) is 3.29. The third kappa shape index (κ3) is 1.48. The molecule has 1 fully saturated rings. The Balaban J connectivity index is 2.29. The molecule has 1 unspecified atom stereocenters. The van der Waals surface area contributed by atoms with E-state index in [0.29, 0.717) is 6.04 Å². The van der Waals surface area contributed by atoms with Crippen molar-refractivity contribution in [2.24, 2.45) is 0 Å². The minimum Gasteiger partial charge on any atom is -0.397 e. The Kier molecular flexibility index (Phi) is 2.13. The van der Waals surface area contributed by atoms with Gasteiger partial charge in [-0.25, -0.2) is 0 Å². The van der Waals surface area contributed by atoms with E-state index < -0.39 is 0 Å². The maximum absolute atomic E-state index is 5.92. The Hall–Kier alpha value is -1.18. The van der Waals surface area contributed by atoms with Crippen LogP contribution in [-0.2, 0) is 0 Å². The summed E-state index contributed by atoms with van der Waals surface area (Å²) in [6, 6.07) is 8.76. The highest BCUT2D eigenvalue weighted by atomic mass is 15.2. The smallest absolute Gasteiger partial charge is 0.0602 e. The first-order valence-corrected chi connectivity index (χ1v) is 4.90. The quantitative estimate of drug-likeness (QED) is 0.665. The maximum Gasteiger partial charge on any atom is 0.0602 e. The average Bonchev–Trinajstić information content (AvgIpc) is 2.52. The summed E-state index contributed by atoms with van der Waals surface area (Å²) in [7, 11) is 0. The molecule has 0 aliphatic carbocycles. The molecule has 70 valence electrons. The van der Waals surface area contributed by atoms with Crippen molar-refractivity contribution in [2.45, 2.75) is 25.8 Å². The van der Waals surface area contributed by atoms with Crippen molar-refractivity contribution in [1.29, 1.82) is 0 Å². The molecule has 2 heteroatoms. The molecule has 2 rings (SSSR count). The lowest BCUT2D eigenvalue weighted by atomic mass is 10.2. The van der Waals surface area contributed by atoms with Gasteiger partial charge in [-0.15, -0.1) is 0 Å².